The first-order valence-electron chi connectivity index (χ1n) is 4.29. The lowest BCUT2D eigenvalue weighted by molar-refractivity contribution is -0.144. The Balaban J connectivity index is 2.33. The Morgan fingerprint density at radius 2 is 2.40 bits per heavy atom. The van der Waals surface area contributed by atoms with Gasteiger partial charge in [-0.25, -0.2) is 19.7 Å². The van der Waals surface area contributed by atoms with Crippen molar-refractivity contribution in [2.75, 3.05) is 0 Å². The molecule has 15 heavy (non-hydrogen) atoms. The molecule has 0 aliphatic carbocycles. The summed E-state index contributed by atoms with van der Waals surface area (Å²) in [5.41, 5.74) is 6.34. The lowest BCUT2D eigenvalue weighted by atomic mass is 10.4. The zero-order chi connectivity index (χ0) is 10.8. The topological polar surface area (TPSA) is 95.9 Å². The van der Waals surface area contributed by atoms with Crippen molar-refractivity contribution in [3.63, 3.8) is 0 Å². The van der Waals surface area contributed by atoms with E-state index in [-0.39, 0.29) is 0 Å². The Kier molecular flexibility index (Phi) is 2.30. The highest BCUT2D eigenvalue weighted by molar-refractivity contribution is 5.76. The first kappa shape index (κ1) is 9.53. The van der Waals surface area contributed by atoms with E-state index in [1.807, 2.05) is 0 Å². The quantitative estimate of drug-likeness (QED) is 0.687. The largest absolute Gasteiger partial charge is 0.349 e. The fourth-order valence-electron chi connectivity index (χ4n) is 0.993. The Morgan fingerprint density at radius 1 is 1.60 bits per heavy atom. The molecule has 1 atom stereocenters. The Labute approximate surface area is 84.9 Å². The molecule has 0 radical (unpaired) electrons. The van der Waals surface area contributed by atoms with E-state index in [0.717, 1.165) is 0 Å². The minimum Gasteiger partial charge on any atom is -0.332 e. The molecule has 7 heteroatoms. The smallest absolute Gasteiger partial charge is 0.332 e. The molecule has 2 rings (SSSR count). The summed E-state index contributed by atoms with van der Waals surface area (Å²) in [7, 11) is 0. The van der Waals surface area contributed by atoms with Crippen LogP contribution in [0.4, 0.5) is 0 Å². The molecular formula is C8H9N5O2. The van der Waals surface area contributed by atoms with E-state index in [0.29, 0.717) is 11.2 Å². The molecular weight excluding hydrogens is 198 g/mol. The van der Waals surface area contributed by atoms with E-state index in [1.54, 1.807) is 0 Å². The third-order valence-corrected chi connectivity index (χ3v) is 1.74. The van der Waals surface area contributed by atoms with Crippen LogP contribution in [0.5, 0.6) is 0 Å². The van der Waals surface area contributed by atoms with Gasteiger partial charge < -0.3 is 10.6 Å². The summed E-state index contributed by atoms with van der Waals surface area (Å²) in [6.07, 6.45) is 4.22. The predicted molar refractivity (Wildman–Crippen MR) is 50.6 cm³/mol. The molecule has 2 N–H and O–H groups in total. The summed E-state index contributed by atoms with van der Waals surface area (Å²) in [5.74, 6) is -0.548. The van der Waals surface area contributed by atoms with Gasteiger partial charge in [-0.2, -0.15) is 0 Å². The number of carbonyl (C=O) groups is 1. The second kappa shape index (κ2) is 3.62. The van der Waals surface area contributed by atoms with Gasteiger partial charge in [0, 0.05) is 0 Å². The summed E-state index contributed by atoms with van der Waals surface area (Å²) >= 11 is 0. The number of imidazole rings is 1. The minimum absolute atomic E-state index is 0.430. The number of aromatic nitrogens is 4. The Bertz CT molecular complexity index is 492. The number of nitrogens with two attached hydrogens (primary N) is 1. The summed E-state index contributed by atoms with van der Waals surface area (Å²) in [6.45, 7) is 1.54. The van der Waals surface area contributed by atoms with Crippen LogP contribution < -0.4 is 10.6 Å². The highest BCUT2D eigenvalue weighted by Gasteiger charge is 2.12. The van der Waals surface area contributed by atoms with Crippen LogP contribution in [0.1, 0.15) is 6.92 Å². The number of carbonyl (C=O) groups excluding carboxylic acids is 1. The number of fused-ring (bicyclic) bond motifs is 1. The highest BCUT2D eigenvalue weighted by atomic mass is 16.7. The Morgan fingerprint density at radius 3 is 3.13 bits per heavy atom. The zero-order valence-electron chi connectivity index (χ0n) is 7.99. The van der Waals surface area contributed by atoms with Gasteiger partial charge >= 0.3 is 5.97 Å². The van der Waals surface area contributed by atoms with Crippen LogP contribution >= 0.6 is 0 Å². The second-order valence-corrected chi connectivity index (χ2v) is 3.00. The van der Waals surface area contributed by atoms with Crippen molar-refractivity contribution in [3.8, 4) is 0 Å². The van der Waals surface area contributed by atoms with Crippen molar-refractivity contribution >= 4 is 17.1 Å². The molecule has 0 aliphatic rings. The van der Waals surface area contributed by atoms with Crippen molar-refractivity contribution < 1.29 is 9.63 Å². The summed E-state index contributed by atoms with van der Waals surface area (Å²) < 4.78 is 1.17. The van der Waals surface area contributed by atoms with Crippen molar-refractivity contribution in [3.05, 3.63) is 18.9 Å². The summed E-state index contributed by atoms with van der Waals surface area (Å²) in [6, 6.07) is -0.690. The zero-order valence-corrected chi connectivity index (χ0v) is 7.99. The maximum Gasteiger partial charge on any atom is 0.349 e. The van der Waals surface area contributed by atoms with E-state index in [9.17, 15) is 4.79 Å². The molecule has 7 nitrogen and oxygen atoms in total. The van der Waals surface area contributed by atoms with E-state index in [4.69, 9.17) is 10.6 Å². The van der Waals surface area contributed by atoms with Gasteiger partial charge in [0.15, 0.2) is 5.65 Å². The molecule has 0 bridgehead atoms. The summed E-state index contributed by atoms with van der Waals surface area (Å²) in [5, 5.41) is 0. The van der Waals surface area contributed by atoms with Crippen molar-refractivity contribution in [2.45, 2.75) is 13.0 Å². The van der Waals surface area contributed by atoms with Crippen LogP contribution in [-0.2, 0) is 4.79 Å². The number of hydrogen-bond donors (Lipinski definition) is 1. The van der Waals surface area contributed by atoms with Crippen molar-refractivity contribution in [2.24, 2.45) is 5.73 Å². The minimum atomic E-state index is -0.690. The van der Waals surface area contributed by atoms with E-state index < -0.39 is 12.0 Å². The predicted octanol–water partition coefficient (Wildman–Crippen LogP) is -0.871. The summed E-state index contributed by atoms with van der Waals surface area (Å²) in [4.78, 5) is 27.8. The van der Waals surface area contributed by atoms with Gasteiger partial charge in [-0.1, -0.05) is 0 Å². The van der Waals surface area contributed by atoms with Gasteiger partial charge in [-0.3, -0.25) is 0 Å². The fraction of sp³-hybridized carbons (Fsp3) is 0.250. The normalized spacial score (nSPS) is 12.7. The molecule has 0 aliphatic heterocycles. The first-order valence-corrected chi connectivity index (χ1v) is 4.29. The van der Waals surface area contributed by atoms with E-state index >= 15 is 0 Å². The molecule has 0 fully saturated rings. The molecule has 0 aromatic carbocycles. The monoisotopic (exact) mass is 207 g/mol. The Hall–Kier alpha value is -2.02. The van der Waals surface area contributed by atoms with Crippen LogP contribution in [0.2, 0.25) is 0 Å². The second-order valence-electron chi connectivity index (χ2n) is 3.00. The molecule has 2 aromatic heterocycles. The van der Waals surface area contributed by atoms with Gasteiger partial charge in [0.05, 0.1) is 6.20 Å². The first-order chi connectivity index (χ1) is 7.18. The molecule has 78 valence electrons. The lowest BCUT2D eigenvalue weighted by Crippen LogP contribution is -2.34. The van der Waals surface area contributed by atoms with Crippen LogP contribution in [0.15, 0.2) is 18.9 Å². The molecule has 0 saturated heterocycles. The lowest BCUT2D eigenvalue weighted by Gasteiger charge is -2.05. The van der Waals surface area contributed by atoms with Gasteiger partial charge in [-0.15, -0.1) is 4.73 Å². The van der Waals surface area contributed by atoms with E-state index in [2.05, 4.69) is 15.0 Å². The third-order valence-electron chi connectivity index (χ3n) is 1.74. The SMILES string of the molecule is C[C@H](N)C(=O)On1cnc2cncnc21. The maximum atomic E-state index is 11.2. The molecule has 0 unspecified atom stereocenters. The number of hydrogen-bond acceptors (Lipinski definition) is 6. The average molecular weight is 207 g/mol. The third kappa shape index (κ3) is 1.77. The molecule has 2 heterocycles. The van der Waals surface area contributed by atoms with Gasteiger partial charge in [-0.05, 0) is 6.92 Å². The average Bonchev–Trinajstić information content (AvgIpc) is 2.62. The van der Waals surface area contributed by atoms with Crippen LogP contribution in [0, 0.1) is 0 Å². The molecule has 0 spiro atoms. The van der Waals surface area contributed by atoms with Crippen LogP contribution in [-0.4, -0.2) is 31.7 Å². The number of rotatable bonds is 2. The van der Waals surface area contributed by atoms with Crippen molar-refractivity contribution in [1.29, 1.82) is 0 Å². The van der Waals surface area contributed by atoms with E-state index in [1.165, 1.54) is 30.5 Å². The maximum absolute atomic E-state index is 11.2. The van der Waals surface area contributed by atoms with Crippen LogP contribution in [0.3, 0.4) is 0 Å². The van der Waals surface area contributed by atoms with Gasteiger partial charge in [0.1, 0.15) is 24.2 Å². The van der Waals surface area contributed by atoms with Crippen LogP contribution in [0.25, 0.3) is 11.2 Å². The molecule has 0 saturated carbocycles. The standard InChI is InChI=1S/C8H9N5O2/c1-5(9)8(14)15-13-4-12-6-2-10-3-11-7(6)13/h2-5H,9H2,1H3/t5-/m0/s1. The number of nitrogens with zero attached hydrogens (tertiary/aromatic N) is 4. The van der Waals surface area contributed by atoms with Crippen molar-refractivity contribution in [1.82, 2.24) is 19.7 Å². The molecule has 0 amide bonds. The van der Waals surface area contributed by atoms with Gasteiger partial charge in [0.25, 0.3) is 0 Å². The van der Waals surface area contributed by atoms with Gasteiger partial charge in [0.2, 0.25) is 0 Å². The molecule has 2 aromatic rings. The highest BCUT2D eigenvalue weighted by Crippen LogP contribution is 2.05. The fourth-order valence-corrected chi connectivity index (χ4v) is 0.993.